The van der Waals surface area contributed by atoms with Gasteiger partial charge in [0.15, 0.2) is 0 Å². The van der Waals surface area contributed by atoms with E-state index >= 15 is 0 Å². The van der Waals surface area contributed by atoms with E-state index < -0.39 is 22.2 Å². The Morgan fingerprint density at radius 3 is 2.44 bits per heavy atom. The first-order chi connectivity index (χ1) is 15.0. The van der Waals surface area contributed by atoms with E-state index in [0.717, 1.165) is 6.20 Å². The topological polar surface area (TPSA) is 82.5 Å². The maximum Gasteiger partial charge on any atom is 0.251 e. The third-order valence-corrected chi connectivity index (χ3v) is 6.61. The van der Waals surface area contributed by atoms with E-state index in [2.05, 4.69) is 10.3 Å². The molecular formula is C25H32FN3O3. The van der Waals surface area contributed by atoms with Gasteiger partial charge in [0.2, 0.25) is 5.91 Å². The predicted molar refractivity (Wildman–Crippen MR) is 121 cm³/mol. The molecule has 2 aromatic rings. The molecule has 3 rings (SSSR count). The van der Waals surface area contributed by atoms with Crippen LogP contribution in [0.1, 0.15) is 56.6 Å². The van der Waals surface area contributed by atoms with Crippen LogP contribution in [-0.2, 0) is 10.2 Å². The highest BCUT2D eigenvalue weighted by atomic mass is 19.1. The molecule has 7 heteroatoms. The molecule has 0 bridgehead atoms. The van der Waals surface area contributed by atoms with E-state index in [1.165, 1.54) is 6.07 Å². The average Bonchev–Trinajstić information content (AvgIpc) is 2.74. The van der Waals surface area contributed by atoms with E-state index in [-0.39, 0.29) is 24.8 Å². The second kappa shape index (κ2) is 8.98. The maximum atomic E-state index is 13.4. The van der Waals surface area contributed by atoms with E-state index in [9.17, 15) is 19.1 Å². The highest BCUT2D eigenvalue weighted by Crippen LogP contribution is 2.47. The van der Waals surface area contributed by atoms with Crippen molar-refractivity contribution in [1.82, 2.24) is 15.2 Å². The van der Waals surface area contributed by atoms with Crippen molar-refractivity contribution in [2.24, 2.45) is 5.41 Å². The van der Waals surface area contributed by atoms with E-state index in [1.807, 2.05) is 33.8 Å². The molecule has 0 spiro atoms. The molecule has 0 radical (unpaired) electrons. The van der Waals surface area contributed by atoms with E-state index in [4.69, 9.17) is 0 Å². The van der Waals surface area contributed by atoms with Gasteiger partial charge in [-0.3, -0.25) is 14.6 Å². The molecule has 172 valence electrons. The van der Waals surface area contributed by atoms with Crippen molar-refractivity contribution in [3.63, 3.8) is 0 Å². The van der Waals surface area contributed by atoms with Crippen LogP contribution in [-0.4, -0.2) is 52.0 Å². The first kappa shape index (κ1) is 23.9. The Labute approximate surface area is 188 Å². The standard InChI is InChI=1S/C25H32FN3O3/c1-23(2)16-29(13-12-25(23,17-30)20-11-10-19(26)15-27-20)21(31)14-24(3,4)28-22(32)18-8-6-5-7-9-18/h5-11,15,30H,12-14,16-17H2,1-4H3,(H,28,32)/t25-/m1/s1. The summed E-state index contributed by atoms with van der Waals surface area (Å²) in [5.74, 6) is -0.703. The number of carbonyl (C=O) groups is 2. The summed E-state index contributed by atoms with van der Waals surface area (Å²) < 4.78 is 13.4. The van der Waals surface area contributed by atoms with Crippen molar-refractivity contribution in [2.45, 2.75) is 51.5 Å². The highest BCUT2D eigenvalue weighted by molar-refractivity contribution is 5.95. The van der Waals surface area contributed by atoms with Crippen LogP contribution < -0.4 is 5.32 Å². The molecular weight excluding hydrogens is 409 g/mol. The summed E-state index contributed by atoms with van der Waals surface area (Å²) in [5.41, 5.74) is -0.703. The van der Waals surface area contributed by atoms with Crippen molar-refractivity contribution >= 4 is 11.8 Å². The Hall–Kier alpha value is -2.80. The zero-order valence-corrected chi connectivity index (χ0v) is 19.2. The largest absolute Gasteiger partial charge is 0.395 e. The molecule has 1 fully saturated rings. The molecule has 2 heterocycles. The molecule has 0 aliphatic carbocycles. The predicted octanol–water partition coefficient (Wildman–Crippen LogP) is 3.31. The van der Waals surface area contributed by atoms with Gasteiger partial charge in [-0.2, -0.15) is 0 Å². The molecule has 1 aromatic heterocycles. The molecule has 0 saturated carbocycles. The quantitative estimate of drug-likeness (QED) is 0.721. The van der Waals surface area contributed by atoms with Crippen molar-refractivity contribution in [2.75, 3.05) is 19.7 Å². The summed E-state index contributed by atoms with van der Waals surface area (Å²) in [4.78, 5) is 31.7. The summed E-state index contributed by atoms with van der Waals surface area (Å²) >= 11 is 0. The van der Waals surface area contributed by atoms with Gasteiger partial charge in [-0.15, -0.1) is 0 Å². The number of nitrogens with one attached hydrogen (secondary N) is 1. The lowest BCUT2D eigenvalue weighted by molar-refractivity contribution is -0.138. The van der Waals surface area contributed by atoms with Gasteiger partial charge in [-0.1, -0.05) is 32.0 Å². The molecule has 1 aromatic carbocycles. The molecule has 1 saturated heterocycles. The second-order valence-electron chi connectivity index (χ2n) is 9.93. The van der Waals surface area contributed by atoms with Crippen LogP contribution >= 0.6 is 0 Å². The molecule has 1 atom stereocenters. The van der Waals surface area contributed by atoms with Gasteiger partial charge in [0.25, 0.3) is 5.91 Å². The lowest BCUT2D eigenvalue weighted by atomic mass is 9.59. The van der Waals surface area contributed by atoms with E-state index in [1.54, 1.807) is 35.2 Å². The summed E-state index contributed by atoms with van der Waals surface area (Å²) in [6, 6.07) is 11.9. The number of amides is 2. The van der Waals surface area contributed by atoms with Gasteiger partial charge >= 0.3 is 0 Å². The molecule has 0 unspecified atom stereocenters. The number of carbonyl (C=O) groups excluding carboxylic acids is 2. The second-order valence-corrected chi connectivity index (χ2v) is 9.93. The van der Waals surface area contributed by atoms with Crippen LogP contribution in [0.3, 0.4) is 0 Å². The monoisotopic (exact) mass is 441 g/mol. The lowest BCUT2D eigenvalue weighted by Crippen LogP contribution is -2.59. The van der Waals surface area contributed by atoms with Crippen molar-refractivity contribution < 1.29 is 19.1 Å². The van der Waals surface area contributed by atoms with Crippen molar-refractivity contribution in [3.8, 4) is 0 Å². The number of halogens is 1. The number of benzene rings is 1. The van der Waals surface area contributed by atoms with E-state index in [0.29, 0.717) is 30.8 Å². The summed E-state index contributed by atoms with van der Waals surface area (Å²) in [5, 5.41) is 13.3. The maximum absolute atomic E-state index is 13.4. The minimum Gasteiger partial charge on any atom is -0.395 e. The number of piperidine rings is 1. The number of pyridine rings is 1. The zero-order chi connectivity index (χ0) is 23.6. The Morgan fingerprint density at radius 2 is 1.88 bits per heavy atom. The van der Waals surface area contributed by atoms with Crippen LogP contribution in [0.25, 0.3) is 0 Å². The SMILES string of the molecule is CC(C)(CC(=O)N1CC[C@@](CO)(c2ccc(F)cn2)C(C)(C)C1)NC(=O)c1ccccc1. The number of rotatable bonds is 6. The third kappa shape index (κ3) is 4.83. The van der Waals surface area contributed by atoms with Crippen LogP contribution in [0, 0.1) is 11.2 Å². The van der Waals surface area contributed by atoms with Gasteiger partial charge in [-0.25, -0.2) is 4.39 Å². The van der Waals surface area contributed by atoms with Crippen LogP contribution in [0.15, 0.2) is 48.7 Å². The van der Waals surface area contributed by atoms with Crippen molar-refractivity contribution in [3.05, 3.63) is 65.7 Å². The molecule has 1 aliphatic rings. The zero-order valence-electron chi connectivity index (χ0n) is 19.2. The molecule has 1 aliphatic heterocycles. The highest BCUT2D eigenvalue weighted by Gasteiger charge is 2.51. The molecule has 6 nitrogen and oxygen atoms in total. The van der Waals surface area contributed by atoms with Crippen LogP contribution in [0.5, 0.6) is 0 Å². The number of hydrogen-bond acceptors (Lipinski definition) is 4. The van der Waals surface area contributed by atoms with Crippen LogP contribution in [0.4, 0.5) is 4.39 Å². The smallest absolute Gasteiger partial charge is 0.251 e. The number of aliphatic hydroxyl groups is 1. The normalized spacial score (nSPS) is 20.6. The Morgan fingerprint density at radius 1 is 1.19 bits per heavy atom. The van der Waals surface area contributed by atoms with Gasteiger partial charge in [-0.05, 0) is 49.9 Å². The lowest BCUT2D eigenvalue weighted by Gasteiger charge is -2.52. The fourth-order valence-corrected chi connectivity index (χ4v) is 4.60. The Bertz CT molecular complexity index is 960. The average molecular weight is 442 g/mol. The Balaban J connectivity index is 1.70. The molecule has 32 heavy (non-hydrogen) atoms. The third-order valence-electron chi connectivity index (χ3n) is 6.61. The fraction of sp³-hybridized carbons (Fsp3) is 0.480. The summed E-state index contributed by atoms with van der Waals surface area (Å²) in [6.45, 7) is 8.40. The first-order valence-corrected chi connectivity index (χ1v) is 10.9. The molecule has 2 amide bonds. The van der Waals surface area contributed by atoms with Gasteiger partial charge in [0.05, 0.1) is 12.8 Å². The number of aromatic nitrogens is 1. The minimum absolute atomic E-state index is 0.0601. The first-order valence-electron chi connectivity index (χ1n) is 10.9. The van der Waals surface area contributed by atoms with Gasteiger partial charge in [0, 0.05) is 41.7 Å². The molecule has 2 N–H and O–H groups in total. The minimum atomic E-state index is -0.724. The van der Waals surface area contributed by atoms with Gasteiger partial charge in [0.1, 0.15) is 5.82 Å². The number of likely N-dealkylation sites (tertiary alicyclic amines) is 1. The Kier molecular flexibility index (Phi) is 6.69. The number of nitrogens with zero attached hydrogens (tertiary/aromatic N) is 2. The summed E-state index contributed by atoms with van der Waals surface area (Å²) in [6.07, 6.45) is 1.83. The van der Waals surface area contributed by atoms with Gasteiger partial charge < -0.3 is 15.3 Å². The summed E-state index contributed by atoms with van der Waals surface area (Å²) in [7, 11) is 0. The number of hydrogen-bond donors (Lipinski definition) is 2. The fourth-order valence-electron chi connectivity index (χ4n) is 4.60. The van der Waals surface area contributed by atoms with Crippen LogP contribution in [0.2, 0.25) is 0 Å². The van der Waals surface area contributed by atoms with Crippen molar-refractivity contribution in [1.29, 1.82) is 0 Å². The number of aliphatic hydroxyl groups excluding tert-OH is 1.